The van der Waals surface area contributed by atoms with Gasteiger partial charge in [-0.2, -0.15) is 0 Å². The molecule has 0 aliphatic heterocycles. The summed E-state index contributed by atoms with van der Waals surface area (Å²) in [5.41, 5.74) is 5.58. The molecule has 80 valence electrons. The summed E-state index contributed by atoms with van der Waals surface area (Å²) in [5, 5.41) is 0. The summed E-state index contributed by atoms with van der Waals surface area (Å²) in [6.07, 6.45) is 1.54. The van der Waals surface area contributed by atoms with Gasteiger partial charge in [0.05, 0.1) is 6.61 Å². The van der Waals surface area contributed by atoms with E-state index in [0.717, 1.165) is 6.42 Å². The molecule has 0 aliphatic rings. The molecular weight excluding hydrogens is 190 g/mol. The third-order valence-electron chi connectivity index (χ3n) is 1.48. The standard InChI is InChI=1S/C9H19NO2.ClH/c1-4-5-12-9(11)8(10)6-7(2)3;/h7-8H,4-6,10H2,1-3H3;1H/t8-;/m1./s1. The Bertz CT molecular complexity index is 140. The van der Waals surface area contributed by atoms with Crippen LogP contribution in [0.15, 0.2) is 0 Å². The van der Waals surface area contributed by atoms with E-state index in [1.807, 2.05) is 20.8 Å². The summed E-state index contributed by atoms with van der Waals surface area (Å²) < 4.78 is 4.89. The number of nitrogens with two attached hydrogens (primary N) is 1. The van der Waals surface area contributed by atoms with Crippen molar-refractivity contribution >= 4 is 18.4 Å². The molecule has 3 nitrogen and oxygen atoms in total. The van der Waals surface area contributed by atoms with Gasteiger partial charge in [-0.25, -0.2) is 0 Å². The van der Waals surface area contributed by atoms with Gasteiger partial charge in [-0.15, -0.1) is 12.4 Å². The third-order valence-corrected chi connectivity index (χ3v) is 1.48. The van der Waals surface area contributed by atoms with Crippen LogP contribution in [0.3, 0.4) is 0 Å². The van der Waals surface area contributed by atoms with Gasteiger partial charge in [-0.1, -0.05) is 20.8 Å². The van der Waals surface area contributed by atoms with Gasteiger partial charge in [0.15, 0.2) is 0 Å². The lowest BCUT2D eigenvalue weighted by Crippen LogP contribution is -2.33. The first-order valence-electron chi connectivity index (χ1n) is 4.50. The molecule has 0 amide bonds. The average molecular weight is 210 g/mol. The molecule has 1 atom stereocenters. The van der Waals surface area contributed by atoms with Gasteiger partial charge in [-0.3, -0.25) is 4.79 Å². The van der Waals surface area contributed by atoms with E-state index in [4.69, 9.17) is 10.5 Å². The molecule has 0 aromatic heterocycles. The molecule has 0 aromatic carbocycles. The number of hydrogen-bond acceptors (Lipinski definition) is 3. The zero-order valence-electron chi connectivity index (χ0n) is 8.58. The van der Waals surface area contributed by atoms with E-state index in [1.54, 1.807) is 0 Å². The lowest BCUT2D eigenvalue weighted by atomic mass is 10.1. The maximum absolute atomic E-state index is 11.1. The van der Waals surface area contributed by atoms with E-state index in [0.29, 0.717) is 18.9 Å². The molecule has 0 aliphatic carbocycles. The Balaban J connectivity index is 0. The molecule has 13 heavy (non-hydrogen) atoms. The van der Waals surface area contributed by atoms with Gasteiger partial charge in [0.2, 0.25) is 0 Å². The lowest BCUT2D eigenvalue weighted by molar-refractivity contribution is -0.145. The van der Waals surface area contributed by atoms with Gasteiger partial charge < -0.3 is 10.5 Å². The second-order valence-electron chi connectivity index (χ2n) is 3.40. The van der Waals surface area contributed by atoms with E-state index in [9.17, 15) is 4.79 Å². The zero-order valence-corrected chi connectivity index (χ0v) is 9.39. The third kappa shape index (κ3) is 8.06. The summed E-state index contributed by atoms with van der Waals surface area (Å²) in [4.78, 5) is 11.1. The fraction of sp³-hybridized carbons (Fsp3) is 0.889. The van der Waals surface area contributed by atoms with Crippen molar-refractivity contribution in [3.8, 4) is 0 Å². The van der Waals surface area contributed by atoms with Crippen molar-refractivity contribution in [1.82, 2.24) is 0 Å². The van der Waals surface area contributed by atoms with Crippen molar-refractivity contribution < 1.29 is 9.53 Å². The van der Waals surface area contributed by atoms with Crippen molar-refractivity contribution in [2.24, 2.45) is 11.7 Å². The molecule has 0 saturated carbocycles. The highest BCUT2D eigenvalue weighted by Crippen LogP contribution is 2.03. The monoisotopic (exact) mass is 209 g/mol. The maximum Gasteiger partial charge on any atom is 0.322 e. The van der Waals surface area contributed by atoms with Crippen molar-refractivity contribution in [1.29, 1.82) is 0 Å². The Morgan fingerprint density at radius 2 is 2.00 bits per heavy atom. The van der Waals surface area contributed by atoms with E-state index in [-0.39, 0.29) is 18.4 Å². The van der Waals surface area contributed by atoms with E-state index < -0.39 is 6.04 Å². The number of halogens is 1. The summed E-state index contributed by atoms with van der Waals surface area (Å²) in [5.74, 6) is 0.166. The Kier molecular flexibility index (Phi) is 9.74. The Hall–Kier alpha value is -0.280. The molecule has 2 N–H and O–H groups in total. The first-order valence-corrected chi connectivity index (χ1v) is 4.50. The van der Waals surface area contributed by atoms with E-state index in [2.05, 4.69) is 0 Å². The van der Waals surface area contributed by atoms with Crippen LogP contribution in [0.5, 0.6) is 0 Å². The number of rotatable bonds is 5. The summed E-state index contributed by atoms with van der Waals surface area (Å²) in [6, 6.07) is -0.448. The van der Waals surface area contributed by atoms with Crippen LogP contribution in [0, 0.1) is 5.92 Å². The summed E-state index contributed by atoms with van der Waals surface area (Å²) >= 11 is 0. The number of carbonyl (C=O) groups is 1. The number of carbonyl (C=O) groups excluding carboxylic acids is 1. The molecule has 0 heterocycles. The van der Waals surface area contributed by atoms with Crippen LogP contribution in [-0.2, 0) is 9.53 Å². The minimum Gasteiger partial charge on any atom is -0.465 e. The van der Waals surface area contributed by atoms with E-state index in [1.165, 1.54) is 0 Å². The molecule has 0 bridgehead atoms. The summed E-state index contributed by atoms with van der Waals surface area (Å²) in [7, 11) is 0. The van der Waals surface area contributed by atoms with Gasteiger partial charge in [-0.05, 0) is 18.8 Å². The number of ether oxygens (including phenoxy) is 1. The average Bonchev–Trinajstić information content (AvgIpc) is 1.98. The van der Waals surface area contributed by atoms with Crippen LogP contribution >= 0.6 is 12.4 Å². The topological polar surface area (TPSA) is 52.3 Å². The SMILES string of the molecule is CCCOC(=O)[C@H](N)CC(C)C.Cl. The Labute approximate surface area is 86.4 Å². The van der Waals surface area contributed by atoms with Crippen molar-refractivity contribution in [2.75, 3.05) is 6.61 Å². The van der Waals surface area contributed by atoms with Gasteiger partial charge in [0.25, 0.3) is 0 Å². The highest BCUT2D eigenvalue weighted by molar-refractivity contribution is 5.85. The zero-order chi connectivity index (χ0) is 9.56. The predicted octanol–water partition coefficient (Wildman–Crippen LogP) is 1.73. The largest absolute Gasteiger partial charge is 0.465 e. The first-order chi connectivity index (χ1) is 5.57. The highest BCUT2D eigenvalue weighted by Gasteiger charge is 2.15. The molecule has 0 unspecified atom stereocenters. The van der Waals surface area contributed by atoms with Crippen molar-refractivity contribution in [2.45, 2.75) is 39.7 Å². The maximum atomic E-state index is 11.1. The van der Waals surface area contributed by atoms with E-state index >= 15 is 0 Å². The number of hydrogen-bond donors (Lipinski definition) is 1. The smallest absolute Gasteiger partial charge is 0.322 e. The molecule has 0 radical (unpaired) electrons. The molecule has 4 heteroatoms. The minimum absolute atomic E-state index is 0. The normalized spacial score (nSPS) is 12.1. The van der Waals surface area contributed by atoms with Gasteiger partial charge in [0.1, 0.15) is 6.04 Å². The molecule has 0 rings (SSSR count). The van der Waals surface area contributed by atoms with Crippen LogP contribution in [0.25, 0.3) is 0 Å². The fourth-order valence-electron chi connectivity index (χ4n) is 0.914. The lowest BCUT2D eigenvalue weighted by Gasteiger charge is -2.12. The number of esters is 1. The van der Waals surface area contributed by atoms with Crippen molar-refractivity contribution in [3.63, 3.8) is 0 Å². The van der Waals surface area contributed by atoms with Crippen LogP contribution < -0.4 is 5.73 Å². The fourth-order valence-corrected chi connectivity index (χ4v) is 0.914. The first kappa shape index (κ1) is 15.2. The van der Waals surface area contributed by atoms with Gasteiger partial charge in [0, 0.05) is 0 Å². The second kappa shape index (κ2) is 8.32. The Morgan fingerprint density at radius 1 is 1.46 bits per heavy atom. The van der Waals surface area contributed by atoms with Gasteiger partial charge >= 0.3 is 5.97 Å². The molecule has 0 aromatic rings. The highest BCUT2D eigenvalue weighted by atomic mass is 35.5. The van der Waals surface area contributed by atoms with Crippen LogP contribution in [0.2, 0.25) is 0 Å². The molecule has 0 fully saturated rings. The van der Waals surface area contributed by atoms with Crippen LogP contribution in [0.1, 0.15) is 33.6 Å². The summed E-state index contributed by atoms with van der Waals surface area (Å²) in [6.45, 7) is 6.51. The van der Waals surface area contributed by atoms with Crippen LogP contribution in [-0.4, -0.2) is 18.6 Å². The van der Waals surface area contributed by atoms with Crippen molar-refractivity contribution in [3.05, 3.63) is 0 Å². The molecule has 0 spiro atoms. The molecular formula is C9H20ClNO2. The predicted molar refractivity (Wildman–Crippen MR) is 55.9 cm³/mol. The minimum atomic E-state index is -0.448. The quantitative estimate of drug-likeness (QED) is 0.702. The molecule has 0 saturated heterocycles. The second-order valence-corrected chi connectivity index (χ2v) is 3.40. The van der Waals surface area contributed by atoms with Crippen LogP contribution in [0.4, 0.5) is 0 Å². The Morgan fingerprint density at radius 3 is 2.38 bits per heavy atom.